The van der Waals surface area contributed by atoms with Gasteiger partial charge in [-0.1, -0.05) is 0 Å². The highest BCUT2D eigenvalue weighted by atomic mass is 32.1. The molecule has 6 heteroatoms. The van der Waals surface area contributed by atoms with Crippen molar-refractivity contribution in [2.24, 2.45) is 0 Å². The molecule has 0 bridgehead atoms. The second-order valence-electron chi connectivity index (χ2n) is 5.50. The molecule has 21 heavy (non-hydrogen) atoms. The molecule has 0 radical (unpaired) electrons. The maximum absolute atomic E-state index is 12.4. The number of hydrogen-bond acceptors (Lipinski definition) is 3. The molecule has 2 atom stereocenters. The Hall–Kier alpha value is -1.56. The number of carbonyl (C=O) groups excluding carboxylic acids is 1. The van der Waals surface area contributed by atoms with E-state index in [-0.39, 0.29) is 24.5 Å². The minimum atomic E-state index is -0.799. The van der Waals surface area contributed by atoms with Gasteiger partial charge in [0.1, 0.15) is 0 Å². The number of rotatable bonds is 5. The fourth-order valence-electron chi connectivity index (χ4n) is 2.73. The largest absolute Gasteiger partial charge is 0.481 e. The van der Waals surface area contributed by atoms with Crippen LogP contribution in [0.3, 0.4) is 0 Å². The molecule has 1 fully saturated rings. The number of carboxylic acids is 1. The van der Waals surface area contributed by atoms with Crippen LogP contribution in [0.25, 0.3) is 0 Å². The number of amides is 2. The Morgan fingerprint density at radius 1 is 1.52 bits per heavy atom. The van der Waals surface area contributed by atoms with Crippen molar-refractivity contribution >= 4 is 23.3 Å². The van der Waals surface area contributed by atoms with Crippen molar-refractivity contribution < 1.29 is 14.7 Å². The number of carbonyl (C=O) groups is 2. The summed E-state index contributed by atoms with van der Waals surface area (Å²) >= 11 is 1.61. The third-order valence-electron chi connectivity index (χ3n) is 3.96. The van der Waals surface area contributed by atoms with Gasteiger partial charge in [-0.2, -0.15) is 11.3 Å². The molecule has 1 aliphatic heterocycles. The van der Waals surface area contributed by atoms with E-state index in [9.17, 15) is 9.59 Å². The van der Waals surface area contributed by atoms with Crippen molar-refractivity contribution in [2.75, 3.05) is 6.54 Å². The molecule has 0 spiro atoms. The molecule has 2 N–H and O–H groups in total. The Balaban J connectivity index is 1.93. The minimum Gasteiger partial charge on any atom is -0.481 e. The molecule has 0 aliphatic carbocycles. The lowest BCUT2D eigenvalue weighted by Gasteiger charge is -2.36. The van der Waals surface area contributed by atoms with Gasteiger partial charge in [0.2, 0.25) is 0 Å². The first-order chi connectivity index (χ1) is 10.1. The van der Waals surface area contributed by atoms with E-state index in [2.05, 4.69) is 5.32 Å². The second kappa shape index (κ2) is 7.45. The molecule has 2 rings (SSSR count). The Morgan fingerprint density at radius 3 is 3.00 bits per heavy atom. The summed E-state index contributed by atoms with van der Waals surface area (Å²) in [5.74, 6) is -0.799. The van der Waals surface area contributed by atoms with Gasteiger partial charge in [-0.25, -0.2) is 4.79 Å². The fraction of sp³-hybridized carbons (Fsp3) is 0.600. The lowest BCUT2D eigenvalue weighted by molar-refractivity contribution is -0.137. The lowest BCUT2D eigenvalue weighted by atomic mass is 9.98. The van der Waals surface area contributed by atoms with Gasteiger partial charge in [0.25, 0.3) is 0 Å². The highest BCUT2D eigenvalue weighted by Crippen LogP contribution is 2.22. The van der Waals surface area contributed by atoms with Gasteiger partial charge >= 0.3 is 12.0 Å². The quantitative estimate of drug-likeness (QED) is 0.877. The number of piperidine rings is 1. The van der Waals surface area contributed by atoms with Crippen LogP contribution in [-0.4, -0.2) is 34.6 Å². The molecule has 2 amide bonds. The fourth-order valence-corrected chi connectivity index (χ4v) is 3.49. The second-order valence-corrected chi connectivity index (χ2v) is 6.28. The maximum atomic E-state index is 12.4. The molecule has 0 aromatic carbocycles. The smallest absolute Gasteiger partial charge is 0.318 e. The van der Waals surface area contributed by atoms with Crippen molar-refractivity contribution in [1.29, 1.82) is 0 Å². The summed E-state index contributed by atoms with van der Waals surface area (Å²) in [6.45, 7) is 2.68. The molecule has 1 aromatic heterocycles. The number of carboxylic acid groups (broad SMARTS) is 1. The molecule has 2 heterocycles. The van der Waals surface area contributed by atoms with E-state index < -0.39 is 5.97 Å². The van der Waals surface area contributed by atoms with Gasteiger partial charge < -0.3 is 15.3 Å². The molecule has 116 valence electrons. The third-order valence-corrected chi connectivity index (χ3v) is 4.66. The Bertz CT molecular complexity index is 475. The Kier molecular flexibility index (Phi) is 5.61. The summed E-state index contributed by atoms with van der Waals surface area (Å²) < 4.78 is 0. The van der Waals surface area contributed by atoms with Gasteiger partial charge in [0, 0.05) is 19.0 Å². The highest BCUT2D eigenvalue weighted by Gasteiger charge is 2.27. The van der Waals surface area contributed by atoms with E-state index in [1.165, 1.54) is 0 Å². The summed E-state index contributed by atoms with van der Waals surface area (Å²) in [5, 5.41) is 15.9. The molecule has 1 aromatic rings. The van der Waals surface area contributed by atoms with Crippen LogP contribution < -0.4 is 5.32 Å². The maximum Gasteiger partial charge on any atom is 0.318 e. The lowest BCUT2D eigenvalue weighted by Crippen LogP contribution is -2.49. The normalized spacial score (nSPS) is 20.0. The van der Waals surface area contributed by atoms with E-state index in [1.54, 1.807) is 11.3 Å². The molecule has 1 aliphatic rings. The van der Waals surface area contributed by atoms with E-state index in [4.69, 9.17) is 5.11 Å². The first-order valence-corrected chi connectivity index (χ1v) is 8.33. The molecule has 1 saturated heterocycles. The van der Waals surface area contributed by atoms with E-state index in [0.29, 0.717) is 13.0 Å². The number of aliphatic carboxylic acids is 1. The summed E-state index contributed by atoms with van der Waals surface area (Å²) in [6, 6.07) is 1.95. The van der Waals surface area contributed by atoms with Crippen molar-refractivity contribution in [3.8, 4) is 0 Å². The Labute approximate surface area is 129 Å². The highest BCUT2D eigenvalue weighted by molar-refractivity contribution is 7.07. The first kappa shape index (κ1) is 15.8. The van der Waals surface area contributed by atoms with Gasteiger partial charge in [0.05, 0.1) is 6.04 Å². The van der Waals surface area contributed by atoms with Crippen LogP contribution in [0.15, 0.2) is 16.8 Å². The molecule has 0 saturated carbocycles. The number of urea groups is 1. The van der Waals surface area contributed by atoms with Crippen molar-refractivity contribution in [3.63, 3.8) is 0 Å². The van der Waals surface area contributed by atoms with Gasteiger partial charge in [-0.15, -0.1) is 0 Å². The zero-order valence-electron chi connectivity index (χ0n) is 12.2. The van der Waals surface area contributed by atoms with E-state index >= 15 is 0 Å². The molecule has 5 nitrogen and oxygen atoms in total. The SMILES string of the molecule is CC(NC(=O)N1CCCCC1CCC(=O)O)c1ccsc1. The third kappa shape index (κ3) is 4.46. The molecular weight excluding hydrogens is 288 g/mol. The predicted molar refractivity (Wildman–Crippen MR) is 82.5 cm³/mol. The van der Waals surface area contributed by atoms with Gasteiger partial charge in [-0.05, 0) is 55.0 Å². The summed E-state index contributed by atoms with van der Waals surface area (Å²) in [5.41, 5.74) is 1.10. The minimum absolute atomic E-state index is 0.0224. The van der Waals surface area contributed by atoms with Crippen LogP contribution in [0.2, 0.25) is 0 Å². The summed E-state index contributed by atoms with van der Waals surface area (Å²) in [7, 11) is 0. The first-order valence-electron chi connectivity index (χ1n) is 7.39. The van der Waals surface area contributed by atoms with Crippen molar-refractivity contribution in [1.82, 2.24) is 10.2 Å². The van der Waals surface area contributed by atoms with Gasteiger partial charge in [-0.3, -0.25) is 4.79 Å². The van der Waals surface area contributed by atoms with Gasteiger partial charge in [0.15, 0.2) is 0 Å². The number of thiophene rings is 1. The van der Waals surface area contributed by atoms with E-state index in [0.717, 1.165) is 24.8 Å². The average molecular weight is 310 g/mol. The summed E-state index contributed by atoms with van der Waals surface area (Å²) in [4.78, 5) is 25.0. The average Bonchev–Trinajstić information content (AvgIpc) is 2.99. The topological polar surface area (TPSA) is 69.6 Å². The number of hydrogen-bond donors (Lipinski definition) is 2. The van der Waals surface area contributed by atoms with Crippen molar-refractivity contribution in [2.45, 2.75) is 51.1 Å². The molecule has 2 unspecified atom stereocenters. The summed E-state index contributed by atoms with van der Waals surface area (Å²) in [6.07, 6.45) is 3.61. The van der Waals surface area contributed by atoms with Crippen LogP contribution in [0.4, 0.5) is 4.79 Å². The van der Waals surface area contributed by atoms with Crippen LogP contribution in [-0.2, 0) is 4.79 Å². The standard InChI is InChI=1S/C15H22N2O3S/c1-11(12-7-9-21-10-12)16-15(20)17-8-3-2-4-13(17)5-6-14(18)19/h7,9-11,13H,2-6,8H2,1H3,(H,16,20)(H,18,19). The van der Waals surface area contributed by atoms with Crippen LogP contribution in [0.1, 0.15) is 50.6 Å². The zero-order valence-corrected chi connectivity index (χ0v) is 13.1. The monoisotopic (exact) mass is 310 g/mol. The molecular formula is C15H22N2O3S. The van der Waals surface area contributed by atoms with E-state index in [1.807, 2.05) is 28.7 Å². The Morgan fingerprint density at radius 2 is 2.33 bits per heavy atom. The van der Waals surface area contributed by atoms with Crippen LogP contribution >= 0.6 is 11.3 Å². The van der Waals surface area contributed by atoms with Crippen molar-refractivity contribution in [3.05, 3.63) is 22.4 Å². The number of likely N-dealkylation sites (tertiary alicyclic amines) is 1. The number of nitrogens with zero attached hydrogens (tertiary/aromatic N) is 1. The van der Waals surface area contributed by atoms with Crippen LogP contribution in [0, 0.1) is 0 Å². The van der Waals surface area contributed by atoms with Crippen LogP contribution in [0.5, 0.6) is 0 Å². The number of nitrogens with one attached hydrogen (secondary N) is 1. The zero-order chi connectivity index (χ0) is 15.2. The predicted octanol–water partition coefficient (Wildman–Crippen LogP) is 3.24.